The highest BCUT2D eigenvalue weighted by Gasteiger charge is 2.13. The fraction of sp³-hybridized carbons (Fsp3) is 0.167. The molecule has 2 N–H and O–H groups in total. The number of benzene rings is 2. The fourth-order valence-corrected chi connectivity index (χ4v) is 2.05. The smallest absolute Gasteiger partial charge is 0.329 e. The molecule has 0 spiro atoms. The average Bonchev–Trinajstić information content (AvgIpc) is 2.63. The normalized spacial score (nSPS) is 10.4. The molecule has 0 saturated carbocycles. The Bertz CT molecular complexity index is 785. The van der Waals surface area contributed by atoms with Crippen molar-refractivity contribution in [2.75, 3.05) is 19.5 Å². The van der Waals surface area contributed by atoms with Crippen LogP contribution in [0.1, 0.15) is 11.1 Å². The Morgan fingerprint density at radius 1 is 1.00 bits per heavy atom. The lowest BCUT2D eigenvalue weighted by atomic mass is 10.2. The average molecular weight is 341 g/mol. The van der Waals surface area contributed by atoms with Crippen molar-refractivity contribution in [1.82, 2.24) is 5.43 Å². The zero-order valence-electron chi connectivity index (χ0n) is 14.2. The molecule has 2 rings (SSSR count). The van der Waals surface area contributed by atoms with Gasteiger partial charge in [0.05, 0.1) is 20.4 Å². The molecule has 2 aromatic rings. The number of rotatable bonds is 5. The zero-order chi connectivity index (χ0) is 18.2. The van der Waals surface area contributed by atoms with Crippen molar-refractivity contribution in [3.63, 3.8) is 0 Å². The zero-order valence-corrected chi connectivity index (χ0v) is 14.2. The first-order chi connectivity index (χ1) is 12.0. The predicted octanol–water partition coefficient (Wildman–Crippen LogP) is 2.10. The Hall–Kier alpha value is -3.35. The number of nitrogens with zero attached hydrogens (tertiary/aromatic N) is 1. The van der Waals surface area contributed by atoms with Crippen LogP contribution in [0.15, 0.2) is 47.6 Å². The summed E-state index contributed by atoms with van der Waals surface area (Å²) in [6.45, 7) is 1.93. The van der Waals surface area contributed by atoms with Crippen molar-refractivity contribution in [1.29, 1.82) is 0 Å². The Kier molecular flexibility index (Phi) is 6.11. The van der Waals surface area contributed by atoms with Crippen molar-refractivity contribution in [2.24, 2.45) is 5.10 Å². The standard InChI is InChI=1S/C18H19N3O4/c1-12-7-9-14(10-8-12)20-17(22)18(23)21-19-11-13-5-4-6-15(24-2)16(13)25-3/h4-11H,1-3H3,(H,20,22)(H,21,23)/b19-11-. The summed E-state index contributed by atoms with van der Waals surface area (Å²) in [4.78, 5) is 23.6. The molecular formula is C18H19N3O4. The molecule has 0 aliphatic rings. The molecule has 0 aromatic heterocycles. The molecule has 0 aliphatic carbocycles. The Labute approximate surface area is 145 Å². The predicted molar refractivity (Wildman–Crippen MR) is 95.1 cm³/mol. The van der Waals surface area contributed by atoms with Gasteiger partial charge in [-0.15, -0.1) is 0 Å². The summed E-state index contributed by atoms with van der Waals surface area (Å²) in [5.41, 5.74) is 4.36. The number of carbonyl (C=O) groups is 2. The van der Waals surface area contributed by atoms with E-state index in [1.165, 1.54) is 20.4 Å². The molecule has 0 saturated heterocycles. The van der Waals surface area contributed by atoms with E-state index in [1.807, 2.05) is 19.1 Å². The van der Waals surface area contributed by atoms with Crippen LogP contribution in [0.2, 0.25) is 0 Å². The number of carbonyl (C=O) groups excluding carboxylic acids is 2. The van der Waals surface area contributed by atoms with Crippen LogP contribution in [0.4, 0.5) is 5.69 Å². The van der Waals surface area contributed by atoms with Gasteiger partial charge in [0, 0.05) is 11.3 Å². The Morgan fingerprint density at radius 3 is 2.36 bits per heavy atom. The molecule has 0 fully saturated rings. The third kappa shape index (κ3) is 4.81. The van der Waals surface area contributed by atoms with Crippen LogP contribution in [-0.4, -0.2) is 32.2 Å². The molecule has 0 radical (unpaired) electrons. The summed E-state index contributed by atoms with van der Waals surface area (Å²) in [5.74, 6) is -0.667. The molecule has 25 heavy (non-hydrogen) atoms. The van der Waals surface area contributed by atoms with Gasteiger partial charge in [0.1, 0.15) is 0 Å². The summed E-state index contributed by atoms with van der Waals surface area (Å²) in [5, 5.41) is 6.27. The molecule has 130 valence electrons. The summed E-state index contributed by atoms with van der Waals surface area (Å²) >= 11 is 0. The van der Waals surface area contributed by atoms with Crippen LogP contribution in [0.25, 0.3) is 0 Å². The third-order valence-corrected chi connectivity index (χ3v) is 3.32. The van der Waals surface area contributed by atoms with Crippen LogP contribution < -0.4 is 20.2 Å². The monoisotopic (exact) mass is 341 g/mol. The molecule has 7 heteroatoms. The summed E-state index contributed by atoms with van der Waals surface area (Å²) < 4.78 is 10.4. The van der Waals surface area contributed by atoms with Gasteiger partial charge in [-0.1, -0.05) is 23.8 Å². The van der Waals surface area contributed by atoms with E-state index < -0.39 is 11.8 Å². The highest BCUT2D eigenvalue weighted by atomic mass is 16.5. The van der Waals surface area contributed by atoms with Gasteiger partial charge < -0.3 is 14.8 Å². The third-order valence-electron chi connectivity index (χ3n) is 3.32. The van der Waals surface area contributed by atoms with E-state index in [-0.39, 0.29) is 0 Å². The number of hydrogen-bond donors (Lipinski definition) is 2. The van der Waals surface area contributed by atoms with Crippen LogP contribution >= 0.6 is 0 Å². The molecule has 0 heterocycles. The second-order valence-corrected chi connectivity index (χ2v) is 5.10. The van der Waals surface area contributed by atoms with Crippen molar-refractivity contribution in [2.45, 2.75) is 6.92 Å². The van der Waals surface area contributed by atoms with Crippen molar-refractivity contribution in [3.8, 4) is 11.5 Å². The SMILES string of the molecule is COc1cccc(/C=N\NC(=O)C(=O)Nc2ccc(C)cc2)c1OC. The van der Waals surface area contributed by atoms with Gasteiger partial charge in [-0.3, -0.25) is 9.59 Å². The number of hydrogen-bond acceptors (Lipinski definition) is 5. The second-order valence-electron chi connectivity index (χ2n) is 5.10. The summed E-state index contributed by atoms with van der Waals surface area (Å²) in [6, 6.07) is 12.3. The molecular weight excluding hydrogens is 322 g/mol. The molecule has 2 aromatic carbocycles. The van der Waals surface area contributed by atoms with Crippen molar-refractivity contribution < 1.29 is 19.1 Å². The van der Waals surface area contributed by atoms with E-state index in [0.717, 1.165) is 5.56 Å². The number of amides is 2. The lowest BCUT2D eigenvalue weighted by molar-refractivity contribution is -0.136. The summed E-state index contributed by atoms with van der Waals surface area (Å²) in [7, 11) is 3.03. The lowest BCUT2D eigenvalue weighted by Crippen LogP contribution is -2.32. The van der Waals surface area contributed by atoms with Crippen molar-refractivity contribution in [3.05, 3.63) is 53.6 Å². The van der Waals surface area contributed by atoms with E-state index in [1.54, 1.807) is 30.3 Å². The lowest BCUT2D eigenvalue weighted by Gasteiger charge is -2.09. The van der Waals surface area contributed by atoms with Crippen LogP contribution in [0, 0.1) is 6.92 Å². The minimum absolute atomic E-state index is 0.479. The number of methoxy groups -OCH3 is 2. The highest BCUT2D eigenvalue weighted by molar-refractivity contribution is 6.39. The second kappa shape index (κ2) is 8.49. The first-order valence-electron chi connectivity index (χ1n) is 7.47. The van der Waals surface area contributed by atoms with Gasteiger partial charge in [-0.05, 0) is 31.2 Å². The Balaban J connectivity index is 1.98. The molecule has 7 nitrogen and oxygen atoms in total. The van der Waals surface area contributed by atoms with E-state index in [2.05, 4.69) is 15.8 Å². The van der Waals surface area contributed by atoms with Crippen LogP contribution in [0.5, 0.6) is 11.5 Å². The summed E-state index contributed by atoms with van der Waals surface area (Å²) in [6.07, 6.45) is 1.37. The van der Waals surface area contributed by atoms with Gasteiger partial charge >= 0.3 is 11.8 Å². The maximum absolute atomic E-state index is 11.8. The number of aryl methyl sites for hydroxylation is 1. The van der Waals surface area contributed by atoms with Gasteiger partial charge in [0.25, 0.3) is 0 Å². The number of hydrazone groups is 1. The molecule has 0 atom stereocenters. The van der Waals surface area contributed by atoms with Gasteiger partial charge in [-0.2, -0.15) is 5.10 Å². The number of nitrogens with one attached hydrogen (secondary N) is 2. The largest absolute Gasteiger partial charge is 0.493 e. The van der Waals surface area contributed by atoms with Gasteiger partial charge in [0.2, 0.25) is 0 Å². The molecule has 0 unspecified atom stereocenters. The highest BCUT2D eigenvalue weighted by Crippen LogP contribution is 2.29. The number of para-hydroxylation sites is 1. The Morgan fingerprint density at radius 2 is 1.72 bits per heavy atom. The number of ether oxygens (including phenoxy) is 2. The van der Waals surface area contributed by atoms with Crippen LogP contribution in [0.3, 0.4) is 0 Å². The topological polar surface area (TPSA) is 89.0 Å². The maximum atomic E-state index is 11.8. The minimum Gasteiger partial charge on any atom is -0.493 e. The van der Waals surface area contributed by atoms with E-state index in [9.17, 15) is 9.59 Å². The van der Waals surface area contributed by atoms with Crippen molar-refractivity contribution >= 4 is 23.7 Å². The first kappa shape index (κ1) is 18.0. The first-order valence-corrected chi connectivity index (χ1v) is 7.47. The van der Waals surface area contributed by atoms with Gasteiger partial charge in [-0.25, -0.2) is 5.43 Å². The van der Waals surface area contributed by atoms with E-state index in [4.69, 9.17) is 9.47 Å². The minimum atomic E-state index is -0.876. The maximum Gasteiger partial charge on any atom is 0.329 e. The van der Waals surface area contributed by atoms with Gasteiger partial charge in [0.15, 0.2) is 11.5 Å². The molecule has 0 bridgehead atoms. The molecule has 0 aliphatic heterocycles. The van der Waals surface area contributed by atoms with Crippen LogP contribution in [-0.2, 0) is 9.59 Å². The van der Waals surface area contributed by atoms with E-state index in [0.29, 0.717) is 22.7 Å². The van der Waals surface area contributed by atoms with E-state index >= 15 is 0 Å². The molecule has 2 amide bonds. The fourth-order valence-electron chi connectivity index (χ4n) is 2.05. The number of anilines is 1. The quantitative estimate of drug-likeness (QED) is 0.495.